The third-order valence-electron chi connectivity index (χ3n) is 1.95. The van der Waals surface area contributed by atoms with Crippen molar-refractivity contribution < 1.29 is 0 Å². The van der Waals surface area contributed by atoms with Crippen molar-refractivity contribution in [3.05, 3.63) is 33.9 Å². The smallest absolute Gasteiger partial charge is 0.192 e. The maximum absolute atomic E-state index is 6.94. The Labute approximate surface area is 80.2 Å². The van der Waals surface area contributed by atoms with Crippen molar-refractivity contribution in [2.45, 2.75) is 6.92 Å². The van der Waals surface area contributed by atoms with Gasteiger partial charge in [-0.1, -0.05) is 0 Å². The number of aromatic nitrogens is 2. The largest absolute Gasteiger partial charge is 0.332 e. The highest BCUT2D eigenvalue weighted by molar-refractivity contribution is 7.71. The quantitative estimate of drug-likeness (QED) is 0.485. The van der Waals surface area contributed by atoms with Crippen molar-refractivity contribution in [2.24, 2.45) is 0 Å². The van der Waals surface area contributed by atoms with Crippen LogP contribution in [-0.4, -0.2) is 9.97 Å². The average molecular weight is 189 g/mol. The van der Waals surface area contributed by atoms with Gasteiger partial charge in [-0.3, -0.25) is 0 Å². The highest BCUT2D eigenvalue weighted by Gasteiger charge is 2.01. The van der Waals surface area contributed by atoms with Crippen molar-refractivity contribution in [3.8, 4) is 0 Å². The number of aryl methyl sites for hydroxylation is 1. The van der Waals surface area contributed by atoms with E-state index in [2.05, 4.69) is 14.8 Å². The van der Waals surface area contributed by atoms with E-state index in [1.165, 1.54) is 0 Å². The fraction of sp³-hybridized carbons (Fsp3) is 0.111. The van der Waals surface area contributed by atoms with Crippen molar-refractivity contribution >= 4 is 28.9 Å². The molecule has 0 unspecified atom stereocenters. The minimum absolute atomic E-state index is 0.594. The Kier molecular flexibility index (Phi) is 1.67. The Hall–Kier alpha value is -1.60. The van der Waals surface area contributed by atoms with Crippen molar-refractivity contribution in [1.82, 2.24) is 9.97 Å². The third kappa shape index (κ3) is 1.23. The van der Waals surface area contributed by atoms with Gasteiger partial charge in [-0.25, -0.2) is 4.85 Å². The average Bonchev–Trinajstić information content (AvgIpc) is 2.42. The van der Waals surface area contributed by atoms with E-state index in [4.69, 9.17) is 18.8 Å². The van der Waals surface area contributed by atoms with Crippen LogP contribution < -0.4 is 0 Å². The predicted octanol–water partition coefficient (Wildman–Crippen LogP) is 3.08. The van der Waals surface area contributed by atoms with E-state index in [0.717, 1.165) is 16.6 Å². The summed E-state index contributed by atoms with van der Waals surface area (Å²) in [5.74, 6) is 0. The second-order valence-electron chi connectivity index (χ2n) is 2.88. The number of nitrogens with one attached hydrogen (secondary N) is 2. The van der Waals surface area contributed by atoms with Crippen LogP contribution >= 0.6 is 12.2 Å². The molecule has 13 heavy (non-hydrogen) atoms. The molecule has 1 heterocycles. The van der Waals surface area contributed by atoms with E-state index >= 15 is 0 Å². The lowest BCUT2D eigenvalue weighted by Crippen LogP contribution is -1.74. The summed E-state index contributed by atoms with van der Waals surface area (Å²) in [6.07, 6.45) is 0. The molecule has 0 saturated heterocycles. The van der Waals surface area contributed by atoms with Gasteiger partial charge in [-0.15, -0.1) is 0 Å². The molecule has 4 heteroatoms. The number of H-pyrrole nitrogens is 2. The van der Waals surface area contributed by atoms with Gasteiger partial charge in [0, 0.05) is 0 Å². The maximum Gasteiger partial charge on any atom is 0.192 e. The molecule has 0 bridgehead atoms. The molecule has 1 aromatic carbocycles. The minimum Gasteiger partial charge on any atom is -0.332 e. The summed E-state index contributed by atoms with van der Waals surface area (Å²) in [4.78, 5) is 9.39. The summed E-state index contributed by atoms with van der Waals surface area (Å²) >= 11 is 4.95. The van der Waals surface area contributed by atoms with Crippen LogP contribution in [0.4, 0.5) is 5.69 Å². The topological polar surface area (TPSA) is 35.9 Å². The molecule has 0 radical (unpaired) electrons. The van der Waals surface area contributed by atoms with Gasteiger partial charge in [-0.2, -0.15) is 0 Å². The van der Waals surface area contributed by atoms with Gasteiger partial charge in [0.25, 0.3) is 0 Å². The zero-order chi connectivity index (χ0) is 9.42. The molecule has 0 saturated carbocycles. The summed E-state index contributed by atoms with van der Waals surface area (Å²) in [6, 6.07) is 3.74. The van der Waals surface area contributed by atoms with Gasteiger partial charge in [0.2, 0.25) is 0 Å². The first-order valence-electron chi connectivity index (χ1n) is 3.81. The van der Waals surface area contributed by atoms with E-state index in [9.17, 15) is 0 Å². The van der Waals surface area contributed by atoms with E-state index in [1.807, 2.05) is 19.1 Å². The molecule has 3 nitrogen and oxygen atoms in total. The van der Waals surface area contributed by atoms with Crippen molar-refractivity contribution in [2.75, 3.05) is 0 Å². The lowest BCUT2D eigenvalue weighted by Gasteiger charge is -1.95. The normalized spacial score (nSPS) is 10.2. The van der Waals surface area contributed by atoms with Gasteiger partial charge in [0.05, 0.1) is 17.6 Å². The van der Waals surface area contributed by atoms with E-state index in [1.54, 1.807) is 0 Å². The van der Waals surface area contributed by atoms with Crippen LogP contribution in [0.25, 0.3) is 15.9 Å². The number of fused-ring (bicyclic) bond motifs is 1. The Morgan fingerprint density at radius 3 is 2.54 bits per heavy atom. The summed E-state index contributed by atoms with van der Waals surface area (Å²) in [5.41, 5.74) is 3.47. The molecule has 0 aliphatic carbocycles. The summed E-state index contributed by atoms with van der Waals surface area (Å²) in [5, 5.41) is 0. The summed E-state index contributed by atoms with van der Waals surface area (Å²) < 4.78 is 0.594. The molecule has 0 aliphatic heterocycles. The lowest BCUT2D eigenvalue weighted by atomic mass is 10.2. The molecule has 2 N–H and O–H groups in total. The molecule has 2 rings (SSSR count). The van der Waals surface area contributed by atoms with Crippen LogP contribution in [0.2, 0.25) is 0 Å². The first-order chi connectivity index (χ1) is 6.20. The molecule has 0 fully saturated rings. The van der Waals surface area contributed by atoms with Gasteiger partial charge in [0.15, 0.2) is 10.5 Å². The van der Waals surface area contributed by atoms with Crippen LogP contribution in [0.3, 0.4) is 0 Å². The number of rotatable bonds is 0. The molecule has 1 aromatic heterocycles. The molecule has 64 valence electrons. The van der Waals surface area contributed by atoms with Gasteiger partial charge >= 0.3 is 0 Å². The van der Waals surface area contributed by atoms with Gasteiger partial charge in [0.1, 0.15) is 0 Å². The van der Waals surface area contributed by atoms with E-state index in [0.29, 0.717) is 10.5 Å². The van der Waals surface area contributed by atoms with Crippen LogP contribution in [0, 0.1) is 18.3 Å². The van der Waals surface area contributed by atoms with E-state index < -0.39 is 0 Å². The second-order valence-corrected chi connectivity index (χ2v) is 3.28. The number of nitrogens with zero attached hydrogens (tertiary/aromatic N) is 1. The predicted molar refractivity (Wildman–Crippen MR) is 54.5 cm³/mol. The number of hydrogen-bond acceptors (Lipinski definition) is 1. The Morgan fingerprint density at radius 1 is 1.31 bits per heavy atom. The van der Waals surface area contributed by atoms with Gasteiger partial charge in [-0.05, 0) is 36.8 Å². The monoisotopic (exact) mass is 189 g/mol. The van der Waals surface area contributed by atoms with Gasteiger partial charge < -0.3 is 9.97 Å². The molecule has 2 aromatic rings. The van der Waals surface area contributed by atoms with Crippen LogP contribution in [0.15, 0.2) is 12.1 Å². The Bertz CT molecular complexity index is 556. The number of hydrogen-bond donors (Lipinski definition) is 2. The number of aromatic amines is 2. The molecule has 0 amide bonds. The number of benzene rings is 1. The molecule has 0 atom stereocenters. The standard InChI is InChI=1S/C9H7N3S/c1-5-3-7-8(4-6(5)10-2)12-9(13)11-7/h3-4H,1H3,(H2,11,12,13). The summed E-state index contributed by atoms with van der Waals surface area (Å²) in [7, 11) is 0. The van der Waals surface area contributed by atoms with Crippen molar-refractivity contribution in [1.29, 1.82) is 0 Å². The zero-order valence-corrected chi connectivity index (χ0v) is 7.83. The first kappa shape index (κ1) is 8.02. The highest BCUT2D eigenvalue weighted by Crippen LogP contribution is 2.23. The van der Waals surface area contributed by atoms with Crippen LogP contribution in [0.1, 0.15) is 5.56 Å². The molecular formula is C9H7N3S. The Balaban J connectivity index is 2.90. The van der Waals surface area contributed by atoms with Crippen LogP contribution in [0.5, 0.6) is 0 Å². The SMILES string of the molecule is [C-]#[N+]c1cc2[nH]c(=S)[nH]c2cc1C. The maximum atomic E-state index is 6.94. The summed E-state index contributed by atoms with van der Waals surface area (Å²) in [6.45, 7) is 8.85. The highest BCUT2D eigenvalue weighted by atomic mass is 32.1. The number of imidazole rings is 1. The second kappa shape index (κ2) is 2.71. The molecule has 0 aliphatic rings. The van der Waals surface area contributed by atoms with Crippen LogP contribution in [-0.2, 0) is 0 Å². The minimum atomic E-state index is 0.594. The van der Waals surface area contributed by atoms with E-state index in [-0.39, 0.29) is 0 Å². The van der Waals surface area contributed by atoms with Crippen molar-refractivity contribution in [3.63, 3.8) is 0 Å². The fourth-order valence-electron chi connectivity index (χ4n) is 1.30. The Morgan fingerprint density at radius 2 is 1.92 bits per heavy atom. The molecule has 0 spiro atoms. The zero-order valence-electron chi connectivity index (χ0n) is 7.01. The lowest BCUT2D eigenvalue weighted by molar-refractivity contribution is 1.30. The molecular weight excluding hydrogens is 182 g/mol. The fourth-order valence-corrected chi connectivity index (χ4v) is 1.52. The third-order valence-corrected chi connectivity index (χ3v) is 2.16. The first-order valence-corrected chi connectivity index (χ1v) is 4.21.